The number of rotatable bonds is 6. The Hall–Kier alpha value is -1.88. The summed E-state index contributed by atoms with van der Waals surface area (Å²) in [6.45, 7) is 4.70. The molecule has 1 aliphatic rings. The zero-order valence-electron chi connectivity index (χ0n) is 13.1. The van der Waals surface area contributed by atoms with Gasteiger partial charge in [0.25, 0.3) is 0 Å². The van der Waals surface area contributed by atoms with E-state index < -0.39 is 0 Å². The SMILES string of the molecule is CCCOc1ccc(Br)cc1CNc1ccc2c(c1)OCCO2. The average Bonchev–Trinajstić information content (AvgIpc) is 2.59. The number of fused-ring (bicyclic) bond motifs is 1. The van der Waals surface area contributed by atoms with Crippen LogP contribution in [-0.4, -0.2) is 19.8 Å². The molecule has 0 spiro atoms. The number of halogens is 1. The fourth-order valence-electron chi connectivity index (χ4n) is 2.39. The van der Waals surface area contributed by atoms with E-state index in [1.165, 1.54) is 0 Å². The molecular weight excluding hydrogens is 358 g/mol. The Balaban J connectivity index is 1.71. The molecule has 0 radical (unpaired) electrons. The Morgan fingerprint density at radius 2 is 1.91 bits per heavy atom. The molecular formula is C18H20BrNO3. The Bertz CT molecular complexity index is 675. The van der Waals surface area contributed by atoms with Crippen LogP contribution >= 0.6 is 15.9 Å². The summed E-state index contributed by atoms with van der Waals surface area (Å²) in [6, 6.07) is 12.0. The molecule has 0 aromatic heterocycles. The molecule has 0 unspecified atom stereocenters. The molecule has 1 N–H and O–H groups in total. The van der Waals surface area contributed by atoms with E-state index >= 15 is 0 Å². The van der Waals surface area contributed by atoms with Crippen molar-refractivity contribution in [1.29, 1.82) is 0 Å². The number of nitrogens with one attached hydrogen (secondary N) is 1. The highest BCUT2D eigenvalue weighted by atomic mass is 79.9. The summed E-state index contributed by atoms with van der Waals surface area (Å²) in [7, 11) is 0. The standard InChI is InChI=1S/C18H20BrNO3/c1-2-7-21-16-5-3-14(19)10-13(16)12-20-15-4-6-17-18(11-15)23-9-8-22-17/h3-6,10-11,20H,2,7-9,12H2,1H3. The first-order valence-corrected chi connectivity index (χ1v) is 8.60. The molecule has 4 nitrogen and oxygen atoms in total. The smallest absolute Gasteiger partial charge is 0.163 e. The summed E-state index contributed by atoms with van der Waals surface area (Å²) in [4.78, 5) is 0. The zero-order valence-corrected chi connectivity index (χ0v) is 14.7. The lowest BCUT2D eigenvalue weighted by molar-refractivity contribution is 0.171. The van der Waals surface area contributed by atoms with Gasteiger partial charge in [0.05, 0.1) is 6.61 Å². The number of ether oxygens (including phenoxy) is 3. The highest BCUT2D eigenvalue weighted by Gasteiger charge is 2.12. The van der Waals surface area contributed by atoms with Gasteiger partial charge in [0.2, 0.25) is 0 Å². The van der Waals surface area contributed by atoms with Gasteiger partial charge in [-0.25, -0.2) is 0 Å². The number of benzene rings is 2. The third-order valence-electron chi connectivity index (χ3n) is 3.51. The van der Waals surface area contributed by atoms with Crippen molar-refractivity contribution in [2.24, 2.45) is 0 Å². The molecule has 3 rings (SSSR count). The van der Waals surface area contributed by atoms with Crippen molar-refractivity contribution in [2.75, 3.05) is 25.1 Å². The molecule has 1 aliphatic heterocycles. The van der Waals surface area contributed by atoms with E-state index in [2.05, 4.69) is 34.2 Å². The number of hydrogen-bond donors (Lipinski definition) is 1. The maximum Gasteiger partial charge on any atom is 0.163 e. The van der Waals surface area contributed by atoms with Crippen molar-refractivity contribution in [1.82, 2.24) is 0 Å². The first-order chi connectivity index (χ1) is 11.3. The Morgan fingerprint density at radius 1 is 1.09 bits per heavy atom. The second-order valence-electron chi connectivity index (χ2n) is 5.31. The Labute approximate surface area is 144 Å². The van der Waals surface area contributed by atoms with Crippen molar-refractivity contribution < 1.29 is 14.2 Å². The third kappa shape index (κ3) is 4.10. The van der Waals surface area contributed by atoms with Crippen molar-refractivity contribution in [3.05, 3.63) is 46.4 Å². The molecule has 0 saturated heterocycles. The largest absolute Gasteiger partial charge is 0.493 e. The molecule has 5 heteroatoms. The lowest BCUT2D eigenvalue weighted by Gasteiger charge is -2.19. The number of hydrogen-bond acceptors (Lipinski definition) is 4. The summed E-state index contributed by atoms with van der Waals surface area (Å²) in [5.41, 5.74) is 2.11. The summed E-state index contributed by atoms with van der Waals surface area (Å²) >= 11 is 3.52. The van der Waals surface area contributed by atoms with Gasteiger partial charge in [-0.1, -0.05) is 22.9 Å². The molecule has 0 fully saturated rings. The topological polar surface area (TPSA) is 39.7 Å². The van der Waals surface area contributed by atoms with Crippen LogP contribution in [0.25, 0.3) is 0 Å². The highest BCUT2D eigenvalue weighted by molar-refractivity contribution is 9.10. The number of anilines is 1. The van der Waals surface area contributed by atoms with Crippen LogP contribution in [0.2, 0.25) is 0 Å². The zero-order chi connectivity index (χ0) is 16.1. The summed E-state index contributed by atoms with van der Waals surface area (Å²) < 4.78 is 18.0. The molecule has 0 atom stereocenters. The van der Waals surface area contributed by atoms with Crippen LogP contribution in [0.1, 0.15) is 18.9 Å². The van der Waals surface area contributed by atoms with Crippen LogP contribution < -0.4 is 19.5 Å². The van der Waals surface area contributed by atoms with Gasteiger partial charge in [0.1, 0.15) is 19.0 Å². The van der Waals surface area contributed by atoms with Gasteiger partial charge in [-0.2, -0.15) is 0 Å². The molecule has 0 bridgehead atoms. The molecule has 0 amide bonds. The highest BCUT2D eigenvalue weighted by Crippen LogP contribution is 2.33. The lowest BCUT2D eigenvalue weighted by atomic mass is 10.2. The van der Waals surface area contributed by atoms with Crippen molar-refractivity contribution in [2.45, 2.75) is 19.9 Å². The first-order valence-electron chi connectivity index (χ1n) is 7.81. The summed E-state index contributed by atoms with van der Waals surface area (Å²) in [5.74, 6) is 2.51. The van der Waals surface area contributed by atoms with Crippen molar-refractivity contribution in [3.63, 3.8) is 0 Å². The maximum absolute atomic E-state index is 5.81. The van der Waals surface area contributed by atoms with Gasteiger partial charge >= 0.3 is 0 Å². The molecule has 23 heavy (non-hydrogen) atoms. The van der Waals surface area contributed by atoms with Crippen LogP contribution in [0.3, 0.4) is 0 Å². The Kier molecular flexibility index (Phi) is 5.28. The molecule has 2 aromatic rings. The van der Waals surface area contributed by atoms with E-state index in [-0.39, 0.29) is 0 Å². The van der Waals surface area contributed by atoms with E-state index in [4.69, 9.17) is 14.2 Å². The fourth-order valence-corrected chi connectivity index (χ4v) is 2.80. The fraction of sp³-hybridized carbons (Fsp3) is 0.333. The van der Waals surface area contributed by atoms with E-state index in [9.17, 15) is 0 Å². The molecule has 122 valence electrons. The molecule has 2 aromatic carbocycles. The minimum Gasteiger partial charge on any atom is -0.493 e. The van der Waals surface area contributed by atoms with Gasteiger partial charge in [0.15, 0.2) is 11.5 Å². The van der Waals surface area contributed by atoms with Crippen LogP contribution in [0.15, 0.2) is 40.9 Å². The predicted octanol–water partition coefficient (Wildman–Crippen LogP) is 4.62. The van der Waals surface area contributed by atoms with Gasteiger partial charge in [-0.15, -0.1) is 0 Å². The van der Waals surface area contributed by atoms with Crippen LogP contribution in [0.5, 0.6) is 17.2 Å². The molecule has 0 aliphatic carbocycles. The summed E-state index contributed by atoms with van der Waals surface area (Å²) in [5, 5.41) is 3.42. The normalized spacial score (nSPS) is 12.8. The third-order valence-corrected chi connectivity index (χ3v) is 4.00. The van der Waals surface area contributed by atoms with E-state index in [0.29, 0.717) is 19.8 Å². The van der Waals surface area contributed by atoms with Gasteiger partial charge in [0, 0.05) is 28.3 Å². The second-order valence-corrected chi connectivity index (χ2v) is 6.23. The van der Waals surface area contributed by atoms with Crippen molar-refractivity contribution in [3.8, 4) is 17.2 Å². The molecule has 0 saturated carbocycles. The minimum atomic E-state index is 0.594. The predicted molar refractivity (Wildman–Crippen MR) is 94.7 cm³/mol. The minimum absolute atomic E-state index is 0.594. The van der Waals surface area contributed by atoms with Crippen LogP contribution in [0.4, 0.5) is 5.69 Å². The maximum atomic E-state index is 5.81. The molecule has 1 heterocycles. The van der Waals surface area contributed by atoms with Gasteiger partial charge in [-0.05, 0) is 36.8 Å². The van der Waals surface area contributed by atoms with Crippen LogP contribution in [0, 0.1) is 0 Å². The monoisotopic (exact) mass is 377 g/mol. The van der Waals surface area contributed by atoms with Gasteiger partial charge in [-0.3, -0.25) is 0 Å². The lowest BCUT2D eigenvalue weighted by Crippen LogP contribution is -2.15. The first kappa shape index (κ1) is 16.0. The van der Waals surface area contributed by atoms with E-state index in [0.717, 1.165) is 46.0 Å². The van der Waals surface area contributed by atoms with Gasteiger partial charge < -0.3 is 19.5 Å². The average molecular weight is 378 g/mol. The van der Waals surface area contributed by atoms with E-state index in [1.54, 1.807) is 0 Å². The summed E-state index contributed by atoms with van der Waals surface area (Å²) in [6.07, 6.45) is 0.991. The van der Waals surface area contributed by atoms with E-state index in [1.807, 2.05) is 30.3 Å². The quantitative estimate of drug-likeness (QED) is 0.796. The Morgan fingerprint density at radius 3 is 2.74 bits per heavy atom. The second kappa shape index (κ2) is 7.59. The van der Waals surface area contributed by atoms with Crippen molar-refractivity contribution >= 4 is 21.6 Å². The van der Waals surface area contributed by atoms with Crippen LogP contribution in [-0.2, 0) is 6.54 Å².